The average molecular weight is 639 g/mol. The summed E-state index contributed by atoms with van der Waals surface area (Å²) in [7, 11) is 3.81. The van der Waals surface area contributed by atoms with Crippen molar-refractivity contribution in [2.75, 3.05) is 11.5 Å². The second-order valence-electron chi connectivity index (χ2n) is 10.6. The molecule has 0 radical (unpaired) electrons. The van der Waals surface area contributed by atoms with Gasteiger partial charge in [0.1, 0.15) is 0 Å². The summed E-state index contributed by atoms with van der Waals surface area (Å²) in [6.45, 7) is 0. The number of hydrogen-bond donors (Lipinski definition) is 0. The van der Waals surface area contributed by atoms with Gasteiger partial charge in [-0.05, 0) is 25.7 Å². The predicted octanol–water partition coefficient (Wildman–Crippen LogP) is 13.3. The molecular weight excluding hydrogens is 590 g/mol. The Bertz CT molecular complexity index is 530. The molecule has 0 spiro atoms. The van der Waals surface area contributed by atoms with Gasteiger partial charge in [0.15, 0.2) is 0 Å². The second kappa shape index (κ2) is 22.5. The monoisotopic (exact) mass is 638 g/mol. The first-order valence-electron chi connectivity index (χ1n) is 14.8. The summed E-state index contributed by atoms with van der Waals surface area (Å²) in [5.41, 5.74) is 0. The zero-order chi connectivity index (χ0) is 30.4. The molecule has 0 fully saturated rings. The van der Waals surface area contributed by atoms with Gasteiger partial charge in [0.2, 0.25) is 0 Å². The van der Waals surface area contributed by atoms with E-state index in [0.717, 1.165) is 75.7 Å². The van der Waals surface area contributed by atoms with Crippen LogP contribution < -0.4 is 0 Å². The highest BCUT2D eigenvalue weighted by atomic mass is 33.1. The summed E-state index contributed by atoms with van der Waals surface area (Å²) in [6, 6.07) is 0. The Kier molecular flexibility index (Phi) is 22.5. The lowest BCUT2D eigenvalue weighted by Gasteiger charge is -2.19. The highest BCUT2D eigenvalue weighted by Crippen LogP contribution is 2.40. The quantitative estimate of drug-likeness (QED) is 0.0499. The van der Waals surface area contributed by atoms with Crippen LogP contribution in [0.4, 0.5) is 43.9 Å². The van der Waals surface area contributed by atoms with Crippen LogP contribution in [-0.4, -0.2) is 35.7 Å². The van der Waals surface area contributed by atoms with E-state index in [1.807, 2.05) is 21.6 Å². The first-order chi connectivity index (χ1) is 18.7. The van der Waals surface area contributed by atoms with Gasteiger partial charge in [0, 0.05) is 24.3 Å². The van der Waals surface area contributed by atoms with Crippen LogP contribution >= 0.6 is 21.6 Å². The number of unbranched alkanes of at least 4 members (excludes halogenated alkanes) is 18. The number of hydrogen-bond acceptors (Lipinski definition) is 2. The number of alkyl halides is 10. The molecule has 0 rings (SSSR count). The normalized spacial score (nSPS) is 13.3. The zero-order valence-electron chi connectivity index (χ0n) is 23.6. The van der Waals surface area contributed by atoms with Crippen LogP contribution in [0.3, 0.4) is 0 Å². The molecule has 0 aromatic rings. The van der Waals surface area contributed by atoms with Crippen LogP contribution in [0.15, 0.2) is 0 Å². The second-order valence-corrected chi connectivity index (χ2v) is 13.3. The van der Waals surface area contributed by atoms with Crippen LogP contribution in [0.5, 0.6) is 0 Å². The maximum Gasteiger partial charge on any atom is 0.453 e. The Morgan fingerprint density at radius 1 is 0.275 bits per heavy atom. The van der Waals surface area contributed by atoms with Gasteiger partial charge in [0.25, 0.3) is 0 Å². The standard InChI is InChI=1S/C28H48F10S2/c29-25(30,27(33,34)35)21-17-13-9-5-1-3-7-11-15-19-23-39-40-24-20-16-12-8-4-2-6-10-14-18-22-26(31,32)28(36,37)38/h1-24H2. The van der Waals surface area contributed by atoms with E-state index in [2.05, 4.69) is 0 Å². The van der Waals surface area contributed by atoms with E-state index in [1.165, 1.54) is 25.7 Å². The molecule has 0 aliphatic carbocycles. The van der Waals surface area contributed by atoms with E-state index in [9.17, 15) is 43.9 Å². The van der Waals surface area contributed by atoms with E-state index >= 15 is 0 Å². The van der Waals surface area contributed by atoms with E-state index in [4.69, 9.17) is 0 Å². The summed E-state index contributed by atoms with van der Waals surface area (Å²) in [4.78, 5) is 0. The van der Waals surface area contributed by atoms with Crippen LogP contribution in [0.25, 0.3) is 0 Å². The average Bonchev–Trinajstić information content (AvgIpc) is 2.84. The van der Waals surface area contributed by atoms with Crippen molar-refractivity contribution in [2.45, 2.75) is 165 Å². The van der Waals surface area contributed by atoms with Crippen molar-refractivity contribution in [3.05, 3.63) is 0 Å². The summed E-state index contributed by atoms with van der Waals surface area (Å²) < 4.78 is 124. The Labute approximate surface area is 242 Å². The van der Waals surface area contributed by atoms with Gasteiger partial charge in [-0.15, -0.1) is 0 Å². The highest BCUT2D eigenvalue weighted by Gasteiger charge is 2.57. The molecule has 0 aromatic heterocycles. The number of rotatable bonds is 27. The molecule has 0 amide bonds. The third-order valence-corrected chi connectivity index (χ3v) is 9.43. The summed E-state index contributed by atoms with van der Waals surface area (Å²) in [5.74, 6) is -6.89. The smallest absolute Gasteiger partial charge is 0.196 e. The summed E-state index contributed by atoms with van der Waals surface area (Å²) >= 11 is 0. The SMILES string of the molecule is FC(F)(F)C(F)(F)CCCCCCCCCCCCSSCCCCCCCCCCCCC(F)(F)C(F)(F)F. The van der Waals surface area contributed by atoms with Crippen molar-refractivity contribution in [3.63, 3.8) is 0 Å². The topological polar surface area (TPSA) is 0 Å². The van der Waals surface area contributed by atoms with Crippen molar-refractivity contribution in [1.82, 2.24) is 0 Å². The van der Waals surface area contributed by atoms with Gasteiger partial charge in [-0.25, -0.2) is 0 Å². The molecule has 0 aliphatic heterocycles. The zero-order valence-corrected chi connectivity index (χ0v) is 25.2. The minimum absolute atomic E-state index is 0.0954. The van der Waals surface area contributed by atoms with E-state index in [1.54, 1.807) is 0 Å². The van der Waals surface area contributed by atoms with Crippen LogP contribution in [-0.2, 0) is 0 Å². The minimum Gasteiger partial charge on any atom is -0.196 e. The number of halogens is 10. The first kappa shape index (κ1) is 40.0. The molecule has 0 bridgehead atoms. The van der Waals surface area contributed by atoms with Crippen molar-refractivity contribution >= 4 is 21.6 Å². The van der Waals surface area contributed by atoms with Crippen molar-refractivity contribution in [3.8, 4) is 0 Å². The predicted molar refractivity (Wildman–Crippen MR) is 148 cm³/mol. The van der Waals surface area contributed by atoms with Gasteiger partial charge >= 0.3 is 24.2 Å². The summed E-state index contributed by atoms with van der Waals surface area (Å²) in [6.07, 6.45) is 4.14. The van der Waals surface area contributed by atoms with Gasteiger partial charge in [-0.2, -0.15) is 43.9 Å². The van der Waals surface area contributed by atoms with Crippen molar-refractivity contribution < 1.29 is 43.9 Å². The maximum absolute atomic E-state index is 12.8. The molecule has 0 unspecified atom stereocenters. The lowest BCUT2D eigenvalue weighted by atomic mass is 10.0. The van der Waals surface area contributed by atoms with Crippen molar-refractivity contribution in [1.29, 1.82) is 0 Å². The van der Waals surface area contributed by atoms with Gasteiger partial charge in [-0.1, -0.05) is 124 Å². The Morgan fingerprint density at radius 2 is 0.475 bits per heavy atom. The van der Waals surface area contributed by atoms with Gasteiger partial charge in [0.05, 0.1) is 0 Å². The fourth-order valence-electron chi connectivity index (χ4n) is 4.25. The molecule has 0 aliphatic rings. The fraction of sp³-hybridized carbons (Fsp3) is 1.00. The first-order valence-corrected chi connectivity index (χ1v) is 17.3. The highest BCUT2D eigenvalue weighted by molar-refractivity contribution is 8.76. The third kappa shape index (κ3) is 21.7. The molecular formula is C28H48F10S2. The molecule has 40 heavy (non-hydrogen) atoms. The molecule has 12 heteroatoms. The molecule has 0 saturated heterocycles. The molecule has 0 aromatic carbocycles. The largest absolute Gasteiger partial charge is 0.453 e. The molecule has 0 atom stereocenters. The molecule has 242 valence electrons. The third-order valence-electron chi connectivity index (χ3n) is 6.85. The van der Waals surface area contributed by atoms with Crippen molar-refractivity contribution in [2.24, 2.45) is 0 Å². The van der Waals surface area contributed by atoms with Crippen LogP contribution in [0.2, 0.25) is 0 Å². The van der Waals surface area contributed by atoms with Crippen LogP contribution in [0.1, 0.15) is 141 Å². The van der Waals surface area contributed by atoms with Gasteiger partial charge < -0.3 is 0 Å². The molecule has 0 heterocycles. The molecule has 0 nitrogen and oxygen atoms in total. The Morgan fingerprint density at radius 3 is 0.700 bits per heavy atom. The molecule has 0 N–H and O–H groups in total. The minimum atomic E-state index is -5.44. The fourth-order valence-corrected chi connectivity index (χ4v) is 6.54. The Balaban J connectivity index is 3.24. The Hall–Kier alpha value is -0.000000000000000111. The summed E-state index contributed by atoms with van der Waals surface area (Å²) in [5, 5.41) is 0. The van der Waals surface area contributed by atoms with E-state index in [-0.39, 0.29) is 12.8 Å². The lowest BCUT2D eigenvalue weighted by molar-refractivity contribution is -0.284. The van der Waals surface area contributed by atoms with E-state index < -0.39 is 37.0 Å². The lowest BCUT2D eigenvalue weighted by Crippen LogP contribution is -2.36. The van der Waals surface area contributed by atoms with E-state index in [0.29, 0.717) is 25.7 Å². The molecule has 0 saturated carbocycles. The van der Waals surface area contributed by atoms with Crippen LogP contribution in [0, 0.1) is 0 Å². The van der Waals surface area contributed by atoms with Gasteiger partial charge in [-0.3, -0.25) is 0 Å². The maximum atomic E-state index is 12.8.